The van der Waals surface area contributed by atoms with Crippen LogP contribution in [0.2, 0.25) is 5.02 Å². The van der Waals surface area contributed by atoms with E-state index in [-0.39, 0.29) is 5.91 Å². The Morgan fingerprint density at radius 1 is 1.20 bits per heavy atom. The van der Waals surface area contributed by atoms with Crippen LogP contribution in [0.5, 0.6) is 0 Å². The van der Waals surface area contributed by atoms with Gasteiger partial charge in [-0.05, 0) is 58.1 Å². The number of aryl methyl sites for hydroxylation is 2. The van der Waals surface area contributed by atoms with Crippen LogP contribution in [0, 0.1) is 13.8 Å². The molecule has 25 heavy (non-hydrogen) atoms. The number of nitrogens with zero attached hydrogens (tertiary/aromatic N) is 3. The lowest BCUT2D eigenvalue weighted by molar-refractivity contribution is 0.0947. The van der Waals surface area contributed by atoms with Crippen LogP contribution >= 0.6 is 11.6 Å². The molecule has 1 heterocycles. The molecule has 1 amide bonds. The molecular weight excluding hydrogens is 338 g/mol. The molecule has 0 aliphatic heterocycles. The molecule has 0 spiro atoms. The monoisotopic (exact) mass is 361 g/mol. The van der Waals surface area contributed by atoms with Gasteiger partial charge >= 0.3 is 0 Å². The Morgan fingerprint density at radius 3 is 2.64 bits per heavy atom. The van der Waals surface area contributed by atoms with E-state index in [1.807, 2.05) is 40.1 Å². The molecule has 0 aliphatic carbocycles. The lowest BCUT2D eigenvalue weighted by Crippen LogP contribution is -2.27. The number of carbonyl (C=O) groups is 1. The zero-order chi connectivity index (χ0) is 18.4. The van der Waals surface area contributed by atoms with E-state index in [0.29, 0.717) is 23.1 Å². The Labute approximate surface area is 153 Å². The van der Waals surface area contributed by atoms with Gasteiger partial charge in [-0.15, -0.1) is 0 Å². The second-order valence-electron chi connectivity index (χ2n) is 6.26. The lowest BCUT2D eigenvalue weighted by Gasteiger charge is -2.13. The molecule has 0 saturated heterocycles. The fourth-order valence-corrected chi connectivity index (χ4v) is 2.81. The number of amides is 1. The number of benzene rings is 1. The highest BCUT2D eigenvalue weighted by Crippen LogP contribution is 2.29. The van der Waals surface area contributed by atoms with E-state index in [4.69, 9.17) is 11.6 Å². The minimum atomic E-state index is -0.212. The van der Waals surface area contributed by atoms with Crippen molar-refractivity contribution >= 4 is 29.0 Å². The molecule has 2 N–H and O–H groups in total. The quantitative estimate of drug-likeness (QED) is 0.741. The number of aromatic nitrogens is 2. The second-order valence-corrected chi connectivity index (χ2v) is 6.67. The van der Waals surface area contributed by atoms with Crippen LogP contribution < -0.4 is 10.6 Å². The topological polar surface area (TPSA) is 70.2 Å². The van der Waals surface area contributed by atoms with E-state index >= 15 is 0 Å². The summed E-state index contributed by atoms with van der Waals surface area (Å²) in [5, 5.41) is 6.66. The summed E-state index contributed by atoms with van der Waals surface area (Å²) in [5.74, 6) is 0.318. The molecule has 6 nitrogen and oxygen atoms in total. The third kappa shape index (κ3) is 5.69. The average molecular weight is 362 g/mol. The van der Waals surface area contributed by atoms with E-state index in [1.54, 1.807) is 6.07 Å². The van der Waals surface area contributed by atoms with E-state index < -0.39 is 0 Å². The fraction of sp³-hybridized carbons (Fsp3) is 0.389. The molecule has 0 atom stereocenters. The minimum Gasteiger partial charge on any atom is -0.351 e. The van der Waals surface area contributed by atoms with Gasteiger partial charge in [0.15, 0.2) is 0 Å². The molecule has 134 valence electrons. The molecule has 0 aliphatic rings. The van der Waals surface area contributed by atoms with E-state index in [1.165, 1.54) is 6.33 Å². The largest absolute Gasteiger partial charge is 0.351 e. The van der Waals surface area contributed by atoms with Crippen molar-refractivity contribution in [3.63, 3.8) is 0 Å². The Hall–Kier alpha value is -2.18. The Morgan fingerprint density at radius 2 is 1.96 bits per heavy atom. The van der Waals surface area contributed by atoms with E-state index in [9.17, 15) is 4.79 Å². The first-order valence-electron chi connectivity index (χ1n) is 8.15. The molecule has 0 fully saturated rings. The highest BCUT2D eigenvalue weighted by Gasteiger charge is 2.11. The van der Waals surface area contributed by atoms with Crippen molar-refractivity contribution < 1.29 is 4.79 Å². The molecule has 1 aromatic heterocycles. The van der Waals surface area contributed by atoms with Crippen LogP contribution in [-0.4, -0.2) is 48.0 Å². The van der Waals surface area contributed by atoms with Crippen LogP contribution in [0.3, 0.4) is 0 Å². The summed E-state index contributed by atoms with van der Waals surface area (Å²) >= 11 is 6.31. The molecule has 2 aromatic rings. The molecular formula is C18H24ClN5O. The molecule has 0 saturated carbocycles. The highest BCUT2D eigenvalue weighted by atomic mass is 35.5. The third-order valence-electron chi connectivity index (χ3n) is 3.65. The first-order chi connectivity index (χ1) is 11.9. The van der Waals surface area contributed by atoms with Crippen molar-refractivity contribution in [2.24, 2.45) is 0 Å². The van der Waals surface area contributed by atoms with Gasteiger partial charge in [-0.1, -0.05) is 17.7 Å². The summed E-state index contributed by atoms with van der Waals surface area (Å²) in [7, 11) is 4.00. The van der Waals surface area contributed by atoms with Crippen molar-refractivity contribution in [3.8, 4) is 0 Å². The Bertz CT molecular complexity index is 725. The van der Waals surface area contributed by atoms with Gasteiger partial charge in [-0.3, -0.25) is 4.79 Å². The standard InChI is InChI=1S/C18H24ClN5O/c1-12-8-13(2)17(14(19)9-12)23-16-10-15(21-11-22-16)18(25)20-6-5-7-24(3)4/h8-11H,5-7H2,1-4H3,(H,20,25)(H,21,22,23). The zero-order valence-electron chi connectivity index (χ0n) is 15.1. The van der Waals surface area contributed by atoms with Crippen molar-refractivity contribution in [2.75, 3.05) is 32.5 Å². The summed E-state index contributed by atoms with van der Waals surface area (Å²) in [6, 6.07) is 5.54. The number of carbonyl (C=O) groups excluding carboxylic acids is 1. The van der Waals surface area contributed by atoms with E-state index in [0.717, 1.165) is 29.8 Å². The van der Waals surface area contributed by atoms with Crippen LogP contribution in [0.25, 0.3) is 0 Å². The summed E-state index contributed by atoms with van der Waals surface area (Å²) in [6.45, 7) is 5.49. The number of nitrogens with one attached hydrogen (secondary N) is 2. The van der Waals surface area contributed by atoms with Crippen LogP contribution in [0.15, 0.2) is 24.5 Å². The smallest absolute Gasteiger partial charge is 0.270 e. The molecule has 2 rings (SSSR count). The minimum absolute atomic E-state index is 0.212. The molecule has 1 aromatic carbocycles. The lowest BCUT2D eigenvalue weighted by atomic mass is 10.1. The number of halogens is 1. The summed E-state index contributed by atoms with van der Waals surface area (Å²) in [6.07, 6.45) is 2.25. The van der Waals surface area contributed by atoms with Gasteiger partial charge in [0.2, 0.25) is 0 Å². The van der Waals surface area contributed by atoms with Gasteiger partial charge in [0.05, 0.1) is 10.7 Å². The predicted octanol–water partition coefficient (Wildman–Crippen LogP) is 3.17. The van der Waals surface area contributed by atoms with Gasteiger partial charge in [0, 0.05) is 12.6 Å². The SMILES string of the molecule is Cc1cc(C)c(Nc2cc(C(=O)NCCCN(C)C)ncn2)c(Cl)c1. The van der Waals surface area contributed by atoms with Gasteiger partial charge in [-0.25, -0.2) is 9.97 Å². The highest BCUT2D eigenvalue weighted by molar-refractivity contribution is 6.33. The average Bonchev–Trinajstić information content (AvgIpc) is 2.55. The van der Waals surface area contributed by atoms with Gasteiger partial charge < -0.3 is 15.5 Å². The zero-order valence-corrected chi connectivity index (χ0v) is 15.8. The summed E-state index contributed by atoms with van der Waals surface area (Å²) in [4.78, 5) is 22.5. The van der Waals surface area contributed by atoms with Crippen LogP contribution in [0.4, 0.5) is 11.5 Å². The second kappa shape index (κ2) is 8.78. The number of anilines is 2. The van der Waals surface area contributed by atoms with Crippen molar-refractivity contribution in [3.05, 3.63) is 46.4 Å². The van der Waals surface area contributed by atoms with Gasteiger partial charge in [-0.2, -0.15) is 0 Å². The molecule has 0 radical (unpaired) electrons. The van der Waals surface area contributed by atoms with Crippen LogP contribution in [0.1, 0.15) is 28.0 Å². The Kier molecular flexibility index (Phi) is 6.73. The number of hydrogen-bond donors (Lipinski definition) is 2. The van der Waals surface area contributed by atoms with E-state index in [2.05, 4.69) is 25.5 Å². The summed E-state index contributed by atoms with van der Waals surface area (Å²) in [5.41, 5.74) is 3.21. The summed E-state index contributed by atoms with van der Waals surface area (Å²) < 4.78 is 0. The number of hydrogen-bond acceptors (Lipinski definition) is 5. The van der Waals surface area contributed by atoms with Crippen molar-refractivity contribution in [1.29, 1.82) is 0 Å². The fourth-order valence-electron chi connectivity index (χ4n) is 2.44. The maximum absolute atomic E-state index is 12.2. The maximum Gasteiger partial charge on any atom is 0.270 e. The third-order valence-corrected chi connectivity index (χ3v) is 3.95. The molecule has 0 unspecified atom stereocenters. The van der Waals surface area contributed by atoms with Gasteiger partial charge in [0.1, 0.15) is 17.8 Å². The van der Waals surface area contributed by atoms with Crippen LogP contribution in [-0.2, 0) is 0 Å². The Balaban J connectivity index is 2.05. The van der Waals surface area contributed by atoms with Gasteiger partial charge in [0.25, 0.3) is 5.91 Å². The predicted molar refractivity (Wildman–Crippen MR) is 102 cm³/mol. The van der Waals surface area contributed by atoms with Crippen molar-refractivity contribution in [1.82, 2.24) is 20.2 Å². The number of rotatable bonds is 7. The first-order valence-corrected chi connectivity index (χ1v) is 8.53. The molecule has 0 bridgehead atoms. The molecule has 7 heteroatoms. The maximum atomic E-state index is 12.2. The van der Waals surface area contributed by atoms with Crippen molar-refractivity contribution in [2.45, 2.75) is 20.3 Å². The first kappa shape index (κ1) is 19.1. The normalized spacial score (nSPS) is 10.8.